The molecular formula is C10H12IN3O. The summed E-state index contributed by atoms with van der Waals surface area (Å²) in [4.78, 5) is 0. The number of aromatic nitrogens is 2. The molecule has 80 valence electrons. The predicted molar refractivity (Wildman–Crippen MR) is 66.7 cm³/mol. The molecule has 0 fully saturated rings. The van der Waals surface area contributed by atoms with Crippen molar-refractivity contribution in [3.63, 3.8) is 0 Å². The first kappa shape index (κ1) is 10.5. The van der Waals surface area contributed by atoms with Crippen molar-refractivity contribution in [3.8, 4) is 0 Å². The molecule has 2 aromatic rings. The molecule has 1 N–H and O–H groups in total. The van der Waals surface area contributed by atoms with Gasteiger partial charge in [0.2, 0.25) is 0 Å². The van der Waals surface area contributed by atoms with Crippen LogP contribution in [0.3, 0.4) is 0 Å². The Morgan fingerprint density at radius 2 is 2.40 bits per heavy atom. The van der Waals surface area contributed by atoms with Crippen LogP contribution in [-0.2, 0) is 13.1 Å². The number of hydrogen-bond acceptors (Lipinski definition) is 3. The predicted octanol–water partition coefficient (Wildman–Crippen LogP) is 2.71. The van der Waals surface area contributed by atoms with E-state index in [1.54, 1.807) is 0 Å². The Balaban J connectivity index is 1.93. The minimum absolute atomic E-state index is 0.693. The molecule has 0 saturated heterocycles. The van der Waals surface area contributed by atoms with Crippen LogP contribution < -0.4 is 5.32 Å². The summed E-state index contributed by atoms with van der Waals surface area (Å²) in [5.74, 6) is 0.934. The molecule has 5 heteroatoms. The van der Waals surface area contributed by atoms with Crippen LogP contribution in [0.5, 0.6) is 0 Å². The zero-order valence-corrected chi connectivity index (χ0v) is 10.6. The molecule has 4 nitrogen and oxygen atoms in total. The Bertz CT molecular complexity index is 435. The number of furan rings is 1. The number of aryl methyl sites for hydroxylation is 1. The third-order valence-electron chi connectivity index (χ3n) is 2.05. The molecule has 0 aliphatic rings. The molecule has 0 unspecified atom stereocenters. The van der Waals surface area contributed by atoms with Gasteiger partial charge in [-0.2, -0.15) is 5.10 Å². The van der Waals surface area contributed by atoms with Gasteiger partial charge in [-0.15, -0.1) is 0 Å². The van der Waals surface area contributed by atoms with Crippen LogP contribution in [0.2, 0.25) is 0 Å². The largest absolute Gasteiger partial charge is 0.454 e. The molecule has 0 aromatic carbocycles. The lowest BCUT2D eigenvalue weighted by atomic mass is 10.4. The van der Waals surface area contributed by atoms with E-state index >= 15 is 0 Å². The van der Waals surface area contributed by atoms with Crippen LogP contribution in [0.25, 0.3) is 0 Å². The molecule has 0 radical (unpaired) electrons. The maximum absolute atomic E-state index is 5.44. The monoisotopic (exact) mass is 317 g/mol. The van der Waals surface area contributed by atoms with Crippen molar-refractivity contribution < 1.29 is 4.42 Å². The summed E-state index contributed by atoms with van der Waals surface area (Å²) < 4.78 is 8.23. The van der Waals surface area contributed by atoms with Gasteiger partial charge in [0.25, 0.3) is 0 Å². The van der Waals surface area contributed by atoms with Crippen LogP contribution >= 0.6 is 22.6 Å². The molecule has 0 spiro atoms. The smallest absolute Gasteiger partial charge is 0.164 e. The van der Waals surface area contributed by atoms with Crippen LogP contribution in [-0.4, -0.2) is 9.78 Å². The third-order valence-corrected chi connectivity index (χ3v) is 2.63. The quantitative estimate of drug-likeness (QED) is 0.882. The van der Waals surface area contributed by atoms with Gasteiger partial charge >= 0.3 is 0 Å². The van der Waals surface area contributed by atoms with E-state index < -0.39 is 0 Å². The van der Waals surface area contributed by atoms with Crippen molar-refractivity contribution in [2.75, 3.05) is 5.32 Å². The summed E-state index contributed by atoms with van der Waals surface area (Å²) in [6.45, 7) is 3.64. The van der Waals surface area contributed by atoms with Gasteiger partial charge < -0.3 is 9.73 Å². The number of nitrogens with one attached hydrogen (secondary N) is 1. The highest BCUT2D eigenvalue weighted by molar-refractivity contribution is 14.1. The molecule has 0 amide bonds. The van der Waals surface area contributed by atoms with Gasteiger partial charge in [0.15, 0.2) is 3.77 Å². The average Bonchev–Trinajstić information content (AvgIpc) is 2.83. The first-order valence-electron chi connectivity index (χ1n) is 4.78. The van der Waals surface area contributed by atoms with Crippen LogP contribution in [0, 0.1) is 3.77 Å². The van der Waals surface area contributed by atoms with Gasteiger partial charge in [0, 0.05) is 12.7 Å². The zero-order chi connectivity index (χ0) is 10.7. The van der Waals surface area contributed by atoms with E-state index in [1.807, 2.05) is 29.2 Å². The van der Waals surface area contributed by atoms with Crippen molar-refractivity contribution in [1.29, 1.82) is 0 Å². The van der Waals surface area contributed by atoms with Gasteiger partial charge in [0.1, 0.15) is 5.76 Å². The Morgan fingerprint density at radius 1 is 1.53 bits per heavy atom. The highest BCUT2D eigenvalue weighted by Crippen LogP contribution is 2.12. The van der Waals surface area contributed by atoms with E-state index in [4.69, 9.17) is 4.42 Å². The van der Waals surface area contributed by atoms with Crippen molar-refractivity contribution in [1.82, 2.24) is 9.78 Å². The minimum Gasteiger partial charge on any atom is -0.454 e. The second-order valence-corrected chi connectivity index (χ2v) is 4.21. The Hall–Kier alpha value is -0.980. The normalized spacial score (nSPS) is 10.5. The van der Waals surface area contributed by atoms with Gasteiger partial charge in [-0.05, 0) is 41.6 Å². The Morgan fingerprint density at radius 3 is 3.00 bits per heavy atom. The minimum atomic E-state index is 0.693. The summed E-state index contributed by atoms with van der Waals surface area (Å²) in [6.07, 6.45) is 3.80. The number of halogens is 1. The highest BCUT2D eigenvalue weighted by Gasteiger charge is 2.00. The molecular weight excluding hydrogens is 305 g/mol. The number of hydrogen-bond donors (Lipinski definition) is 1. The van der Waals surface area contributed by atoms with Crippen LogP contribution in [0.15, 0.2) is 28.9 Å². The lowest BCUT2D eigenvalue weighted by Crippen LogP contribution is -1.97. The maximum Gasteiger partial charge on any atom is 0.164 e. The van der Waals surface area contributed by atoms with Crippen LogP contribution in [0.1, 0.15) is 12.7 Å². The van der Waals surface area contributed by atoms with Gasteiger partial charge in [-0.25, -0.2) is 0 Å². The molecule has 2 rings (SSSR count). The topological polar surface area (TPSA) is 43.0 Å². The molecule has 0 saturated carbocycles. The van der Waals surface area contributed by atoms with Crippen molar-refractivity contribution >= 4 is 28.3 Å². The van der Waals surface area contributed by atoms with E-state index in [-0.39, 0.29) is 0 Å². The van der Waals surface area contributed by atoms with E-state index in [1.165, 1.54) is 0 Å². The zero-order valence-electron chi connectivity index (χ0n) is 8.40. The fraction of sp³-hybridized carbons (Fsp3) is 0.300. The Labute approximate surface area is 102 Å². The third kappa shape index (κ3) is 2.74. The summed E-state index contributed by atoms with van der Waals surface area (Å²) >= 11 is 2.15. The number of rotatable bonds is 4. The van der Waals surface area contributed by atoms with Gasteiger partial charge in [-0.1, -0.05) is 0 Å². The van der Waals surface area contributed by atoms with E-state index in [2.05, 4.69) is 39.9 Å². The van der Waals surface area contributed by atoms with Crippen LogP contribution in [0.4, 0.5) is 5.69 Å². The standard InChI is InChI=1S/C10H12IN3O/c1-2-14-7-8(5-13-14)12-6-9-3-4-10(11)15-9/h3-5,7,12H,2,6H2,1H3. The molecule has 0 aliphatic heterocycles. The summed E-state index contributed by atoms with van der Waals surface area (Å²) in [5, 5.41) is 7.42. The summed E-state index contributed by atoms with van der Waals surface area (Å²) in [5.41, 5.74) is 1.02. The Kier molecular flexibility index (Phi) is 3.30. The molecule has 0 atom stereocenters. The van der Waals surface area contributed by atoms with Gasteiger partial charge in [0.05, 0.1) is 18.4 Å². The lowest BCUT2D eigenvalue weighted by molar-refractivity contribution is 0.493. The van der Waals surface area contributed by atoms with Crippen molar-refractivity contribution in [2.45, 2.75) is 20.0 Å². The average molecular weight is 317 g/mol. The van der Waals surface area contributed by atoms with Crippen molar-refractivity contribution in [2.24, 2.45) is 0 Å². The van der Waals surface area contributed by atoms with E-state index in [0.717, 1.165) is 21.8 Å². The first-order chi connectivity index (χ1) is 7.28. The first-order valence-corrected chi connectivity index (χ1v) is 5.86. The second-order valence-electron chi connectivity index (χ2n) is 3.14. The SMILES string of the molecule is CCn1cc(NCc2ccc(I)o2)cn1. The fourth-order valence-corrected chi connectivity index (χ4v) is 1.73. The van der Waals surface area contributed by atoms with Crippen molar-refractivity contribution in [3.05, 3.63) is 34.1 Å². The molecule has 2 heterocycles. The van der Waals surface area contributed by atoms with E-state index in [0.29, 0.717) is 6.54 Å². The van der Waals surface area contributed by atoms with E-state index in [9.17, 15) is 0 Å². The summed E-state index contributed by atoms with van der Waals surface area (Å²) in [6, 6.07) is 3.92. The molecule has 2 aromatic heterocycles. The molecule has 15 heavy (non-hydrogen) atoms. The van der Waals surface area contributed by atoms with Gasteiger partial charge in [-0.3, -0.25) is 4.68 Å². The second kappa shape index (κ2) is 4.69. The molecule has 0 aliphatic carbocycles. The highest BCUT2D eigenvalue weighted by atomic mass is 127. The number of anilines is 1. The fourth-order valence-electron chi connectivity index (χ4n) is 1.26. The maximum atomic E-state index is 5.44. The molecule has 0 bridgehead atoms. The lowest BCUT2D eigenvalue weighted by Gasteiger charge is -1.99. The number of nitrogens with zero attached hydrogens (tertiary/aromatic N) is 2. The summed E-state index contributed by atoms with van der Waals surface area (Å²) in [7, 11) is 0.